The molecule has 1 spiro atoms. The second kappa shape index (κ2) is 5.97. The Bertz CT molecular complexity index is 423. The Morgan fingerprint density at radius 1 is 1.37 bits per heavy atom. The van der Waals surface area contributed by atoms with Gasteiger partial charge in [0.1, 0.15) is 0 Å². The summed E-state index contributed by atoms with van der Waals surface area (Å²) in [6.45, 7) is 2.35. The van der Waals surface area contributed by atoms with Crippen LogP contribution in [-0.2, 0) is 9.47 Å². The molecule has 0 aromatic carbocycles. The maximum absolute atomic E-state index is 10.6. The highest BCUT2D eigenvalue weighted by Gasteiger charge is 2.41. The van der Waals surface area contributed by atoms with Crippen LogP contribution in [0.1, 0.15) is 37.4 Å². The summed E-state index contributed by atoms with van der Waals surface area (Å²) in [4.78, 5) is 0. The lowest BCUT2D eigenvalue weighted by molar-refractivity contribution is -0.159. The van der Waals surface area contributed by atoms with Crippen LogP contribution in [0.15, 0.2) is 11.4 Å². The van der Waals surface area contributed by atoms with Gasteiger partial charge in [-0.15, -0.1) is 11.3 Å². The fourth-order valence-electron chi connectivity index (χ4n) is 3.18. The molecule has 2 fully saturated rings. The molecule has 2 aliphatic rings. The van der Waals surface area contributed by atoms with Crippen molar-refractivity contribution in [1.82, 2.24) is 0 Å². The maximum Gasteiger partial charge on any atom is 0.0828 e. The van der Waals surface area contributed by atoms with Crippen molar-refractivity contribution < 1.29 is 14.6 Å². The summed E-state index contributed by atoms with van der Waals surface area (Å²) in [6, 6.07) is 2.10. The maximum atomic E-state index is 10.6. The Balaban J connectivity index is 1.70. The molecule has 0 saturated carbocycles. The summed E-state index contributed by atoms with van der Waals surface area (Å²) < 4.78 is 12.7. The molecule has 0 amide bonds. The van der Waals surface area contributed by atoms with Crippen molar-refractivity contribution in [2.75, 3.05) is 19.8 Å². The molecule has 2 aliphatic heterocycles. The first-order valence-electron chi connectivity index (χ1n) is 6.82. The van der Waals surface area contributed by atoms with Gasteiger partial charge in [0, 0.05) is 19.8 Å². The van der Waals surface area contributed by atoms with Crippen molar-refractivity contribution in [3.05, 3.63) is 19.9 Å². The highest BCUT2D eigenvalue weighted by atomic mass is 127. The Morgan fingerprint density at radius 2 is 2.16 bits per heavy atom. The molecule has 1 aromatic heterocycles. The summed E-state index contributed by atoms with van der Waals surface area (Å²) in [5.74, 6) is 0.317. The molecule has 0 aliphatic carbocycles. The number of aliphatic hydroxyl groups is 1. The molecular formula is C14H19IO3S. The van der Waals surface area contributed by atoms with Crippen LogP contribution in [0.25, 0.3) is 0 Å². The minimum atomic E-state index is -0.344. The highest BCUT2D eigenvalue weighted by molar-refractivity contribution is 14.1. The van der Waals surface area contributed by atoms with Gasteiger partial charge in [-0.05, 0) is 71.2 Å². The second-order valence-electron chi connectivity index (χ2n) is 5.53. The molecule has 106 valence electrons. The predicted molar refractivity (Wildman–Crippen MR) is 83.5 cm³/mol. The Morgan fingerprint density at radius 3 is 2.84 bits per heavy atom. The fraction of sp³-hybridized carbons (Fsp3) is 0.714. The minimum absolute atomic E-state index is 0.0364. The van der Waals surface area contributed by atoms with Crippen molar-refractivity contribution in [3.8, 4) is 0 Å². The molecule has 19 heavy (non-hydrogen) atoms. The molecular weight excluding hydrogens is 375 g/mol. The topological polar surface area (TPSA) is 38.7 Å². The molecule has 1 aromatic rings. The molecule has 1 N–H and O–H groups in total. The minimum Gasteiger partial charge on any atom is -0.388 e. The quantitative estimate of drug-likeness (QED) is 0.782. The lowest BCUT2D eigenvalue weighted by atomic mass is 9.77. The van der Waals surface area contributed by atoms with Crippen LogP contribution in [0, 0.1) is 8.80 Å². The van der Waals surface area contributed by atoms with E-state index in [0.29, 0.717) is 5.92 Å². The predicted octanol–water partition coefficient (Wildman–Crippen LogP) is 3.36. The zero-order valence-electron chi connectivity index (χ0n) is 10.8. The molecule has 2 atom stereocenters. The van der Waals surface area contributed by atoms with Gasteiger partial charge in [-0.2, -0.15) is 0 Å². The van der Waals surface area contributed by atoms with E-state index in [-0.39, 0.29) is 11.7 Å². The summed E-state index contributed by atoms with van der Waals surface area (Å²) >= 11 is 4.01. The van der Waals surface area contributed by atoms with Crippen LogP contribution in [-0.4, -0.2) is 30.5 Å². The van der Waals surface area contributed by atoms with E-state index in [1.807, 2.05) is 0 Å². The number of halogens is 1. The van der Waals surface area contributed by atoms with Crippen molar-refractivity contribution in [2.45, 2.75) is 37.4 Å². The average Bonchev–Trinajstić information content (AvgIpc) is 2.85. The number of hydrogen-bond donors (Lipinski definition) is 1. The van der Waals surface area contributed by atoms with Gasteiger partial charge in [-0.25, -0.2) is 0 Å². The third kappa shape index (κ3) is 3.15. The van der Waals surface area contributed by atoms with Crippen LogP contribution in [0.2, 0.25) is 0 Å². The molecule has 3 heterocycles. The number of aliphatic hydroxyl groups excluding tert-OH is 1. The van der Waals surface area contributed by atoms with E-state index < -0.39 is 0 Å². The van der Waals surface area contributed by atoms with Gasteiger partial charge in [0.25, 0.3) is 0 Å². The number of rotatable bonds is 2. The van der Waals surface area contributed by atoms with Gasteiger partial charge < -0.3 is 14.6 Å². The number of thiophene rings is 1. The van der Waals surface area contributed by atoms with E-state index in [1.165, 1.54) is 2.88 Å². The summed E-state index contributed by atoms with van der Waals surface area (Å²) in [6.07, 6.45) is 3.51. The van der Waals surface area contributed by atoms with Gasteiger partial charge >= 0.3 is 0 Å². The van der Waals surface area contributed by atoms with Crippen molar-refractivity contribution in [2.24, 2.45) is 5.92 Å². The lowest BCUT2D eigenvalue weighted by Crippen LogP contribution is -2.45. The molecule has 0 radical (unpaired) electrons. The van der Waals surface area contributed by atoms with E-state index in [0.717, 1.165) is 51.1 Å². The van der Waals surface area contributed by atoms with E-state index in [1.54, 1.807) is 11.3 Å². The molecule has 3 nitrogen and oxygen atoms in total. The first-order chi connectivity index (χ1) is 9.19. The standard InChI is InChI=1S/C14H19IO3S/c15-12-7-11(9-19-12)13(16)10-1-4-18-14(8-10)2-5-17-6-3-14/h7,9-10,13,16H,1-6,8H2. The van der Waals surface area contributed by atoms with E-state index >= 15 is 0 Å². The Hall–Kier alpha value is 0.310. The fourth-order valence-corrected chi connectivity index (χ4v) is 4.58. The molecule has 0 bridgehead atoms. The van der Waals surface area contributed by atoms with Crippen LogP contribution in [0.5, 0.6) is 0 Å². The van der Waals surface area contributed by atoms with E-state index in [4.69, 9.17) is 9.47 Å². The summed E-state index contributed by atoms with van der Waals surface area (Å²) in [7, 11) is 0. The summed E-state index contributed by atoms with van der Waals surface area (Å²) in [5.41, 5.74) is 1.04. The molecule has 2 saturated heterocycles. The number of hydrogen-bond acceptors (Lipinski definition) is 4. The van der Waals surface area contributed by atoms with Crippen molar-refractivity contribution >= 4 is 33.9 Å². The number of ether oxygens (including phenoxy) is 2. The second-order valence-corrected chi connectivity index (χ2v) is 8.33. The zero-order chi connectivity index (χ0) is 13.3. The Kier molecular flexibility index (Phi) is 4.48. The molecule has 3 rings (SSSR count). The van der Waals surface area contributed by atoms with Crippen molar-refractivity contribution in [3.63, 3.8) is 0 Å². The normalized spacial score (nSPS) is 28.4. The molecule has 2 unspecified atom stereocenters. The van der Waals surface area contributed by atoms with Gasteiger partial charge in [0.2, 0.25) is 0 Å². The van der Waals surface area contributed by atoms with Crippen LogP contribution >= 0.6 is 33.9 Å². The largest absolute Gasteiger partial charge is 0.388 e. The summed E-state index contributed by atoms with van der Waals surface area (Å²) in [5, 5.41) is 12.7. The third-order valence-electron chi connectivity index (χ3n) is 4.31. The van der Waals surface area contributed by atoms with Gasteiger partial charge in [0.05, 0.1) is 14.6 Å². The monoisotopic (exact) mass is 394 g/mol. The van der Waals surface area contributed by atoms with Gasteiger partial charge in [0.15, 0.2) is 0 Å². The highest BCUT2D eigenvalue weighted by Crippen LogP contribution is 2.42. The lowest BCUT2D eigenvalue weighted by Gasteiger charge is -2.44. The first-order valence-corrected chi connectivity index (χ1v) is 8.78. The molecule has 5 heteroatoms. The van der Waals surface area contributed by atoms with E-state index in [9.17, 15) is 5.11 Å². The van der Waals surface area contributed by atoms with E-state index in [2.05, 4.69) is 34.0 Å². The third-order valence-corrected chi connectivity index (χ3v) is 6.12. The van der Waals surface area contributed by atoms with Crippen LogP contribution in [0.4, 0.5) is 0 Å². The zero-order valence-corrected chi connectivity index (χ0v) is 13.8. The van der Waals surface area contributed by atoms with Crippen molar-refractivity contribution in [1.29, 1.82) is 0 Å². The average molecular weight is 394 g/mol. The smallest absolute Gasteiger partial charge is 0.0828 e. The van der Waals surface area contributed by atoms with Crippen LogP contribution in [0.3, 0.4) is 0 Å². The first kappa shape index (κ1) is 14.3. The van der Waals surface area contributed by atoms with Crippen LogP contribution < -0.4 is 0 Å². The van der Waals surface area contributed by atoms with Gasteiger partial charge in [-0.1, -0.05) is 0 Å². The SMILES string of the molecule is OC(c1csc(I)c1)C1CCOC2(CCOCC2)C1. The Labute approximate surface area is 131 Å². The van der Waals surface area contributed by atoms with Gasteiger partial charge in [-0.3, -0.25) is 0 Å².